The second-order valence-electron chi connectivity index (χ2n) is 12.6. The third kappa shape index (κ3) is 6.43. The fraction of sp³-hybridized carbons (Fsp3) is 0.351. The van der Waals surface area contributed by atoms with E-state index in [1.807, 2.05) is 13.0 Å². The number of allylic oxidation sites excluding steroid dienone is 2. The molecule has 2 aliphatic heterocycles. The molecule has 49 heavy (non-hydrogen) atoms. The van der Waals surface area contributed by atoms with Crippen molar-refractivity contribution < 1.29 is 18.3 Å². The summed E-state index contributed by atoms with van der Waals surface area (Å²) in [4.78, 5) is 21.0. The summed E-state index contributed by atoms with van der Waals surface area (Å²) < 4.78 is 39.2. The van der Waals surface area contributed by atoms with Crippen molar-refractivity contribution in [1.82, 2.24) is 24.6 Å². The molecule has 254 valence electrons. The molecule has 6 rings (SSSR count). The molecule has 2 saturated heterocycles. The van der Waals surface area contributed by atoms with Crippen LogP contribution in [0.2, 0.25) is 10.0 Å². The third-order valence-electron chi connectivity index (χ3n) is 9.67. The number of amides is 1. The first-order chi connectivity index (χ1) is 23.5. The van der Waals surface area contributed by atoms with Gasteiger partial charge in [-0.3, -0.25) is 14.4 Å². The van der Waals surface area contributed by atoms with Crippen LogP contribution in [0.4, 0.5) is 8.78 Å². The fourth-order valence-electron chi connectivity index (χ4n) is 7.26. The molecule has 4 aromatic rings. The maximum absolute atomic E-state index is 17.0. The molecule has 0 aliphatic carbocycles. The van der Waals surface area contributed by atoms with Gasteiger partial charge in [0.2, 0.25) is 5.88 Å². The minimum Gasteiger partial charge on any atom is -0.472 e. The zero-order chi connectivity index (χ0) is 35.0. The number of fused-ring (bicyclic) bond motifs is 3. The molecular weight excluding hydrogens is 669 g/mol. The molecule has 2 aromatic carbocycles. The normalized spacial score (nSPS) is 20.6. The maximum Gasteiger partial charge on any atom is 0.282 e. The van der Waals surface area contributed by atoms with Crippen LogP contribution in [0, 0.1) is 17.1 Å². The topological polar surface area (TPSA) is 87.3 Å². The fourth-order valence-corrected chi connectivity index (χ4v) is 7.84. The lowest BCUT2D eigenvalue weighted by Gasteiger charge is -2.38. The van der Waals surface area contributed by atoms with Gasteiger partial charge >= 0.3 is 0 Å². The van der Waals surface area contributed by atoms with E-state index in [4.69, 9.17) is 38.0 Å². The highest BCUT2D eigenvalue weighted by Gasteiger charge is 2.36. The standard InChI is InChI=1S/C37H36Cl2F2N6O2/c1-5-6-9-23-10-7-11-26(32(23)39)31-29(38)19-27-34(33(31)41)44-36(49-22(3)30-12-8-16-45(30)4)28-20-43-47(35(27)28)25-14-17-46(37(48)21(2)40)24(18-25)13-15-42/h5-7,9-11,19-20,22,24-25,30H,1-2,8,12-14,16-18H2,3-4H3/b9-6-/t22-,24+,25-,30-/m0/s1. The van der Waals surface area contributed by atoms with Crippen LogP contribution in [-0.4, -0.2) is 68.8 Å². The van der Waals surface area contributed by atoms with E-state index in [0.717, 1.165) is 19.4 Å². The van der Waals surface area contributed by atoms with Gasteiger partial charge in [0.25, 0.3) is 5.91 Å². The van der Waals surface area contributed by atoms with Crippen molar-refractivity contribution in [2.75, 3.05) is 20.1 Å². The van der Waals surface area contributed by atoms with Gasteiger partial charge in [-0.25, -0.2) is 13.8 Å². The first kappa shape index (κ1) is 34.6. The quantitative estimate of drug-likeness (QED) is 0.128. The minimum atomic E-state index is -1.07. The lowest BCUT2D eigenvalue weighted by Crippen LogP contribution is -2.46. The predicted octanol–water partition coefficient (Wildman–Crippen LogP) is 8.69. The third-order valence-corrected chi connectivity index (χ3v) is 10.4. The zero-order valence-electron chi connectivity index (χ0n) is 27.3. The highest BCUT2D eigenvalue weighted by Crippen LogP contribution is 2.44. The number of likely N-dealkylation sites (tertiary alicyclic amines) is 2. The highest BCUT2D eigenvalue weighted by atomic mass is 35.5. The number of pyridine rings is 1. The SMILES string of the molecule is C=C/C=C\c1cccc(-c2c(Cl)cc3c(nc(O[C@@H](C)[C@@H]4CCCN4C)c4cnn([C@H]5CCN(C(=O)C(=C)F)[C@H](CC#N)C5)c43)c2F)c1Cl. The average molecular weight is 706 g/mol. The Bertz CT molecular complexity index is 2040. The number of carbonyl (C=O) groups excluding carboxylic acids is 1. The van der Waals surface area contributed by atoms with E-state index in [9.17, 15) is 14.4 Å². The van der Waals surface area contributed by atoms with Crippen molar-refractivity contribution in [3.8, 4) is 23.1 Å². The first-order valence-electron chi connectivity index (χ1n) is 16.2. The van der Waals surface area contributed by atoms with E-state index >= 15 is 4.39 Å². The Balaban J connectivity index is 1.53. The number of likely N-dealkylation sites (N-methyl/N-ethyl adjacent to an activating group) is 1. The minimum absolute atomic E-state index is 0.00341. The van der Waals surface area contributed by atoms with Gasteiger partial charge in [0, 0.05) is 35.1 Å². The number of halogens is 4. The van der Waals surface area contributed by atoms with Crippen molar-refractivity contribution in [3.63, 3.8) is 0 Å². The van der Waals surface area contributed by atoms with Crippen LogP contribution in [-0.2, 0) is 4.79 Å². The van der Waals surface area contributed by atoms with Crippen LogP contribution in [0.25, 0.3) is 39.0 Å². The molecule has 0 bridgehead atoms. The van der Waals surface area contributed by atoms with Crippen LogP contribution >= 0.6 is 23.2 Å². The molecule has 4 heterocycles. The summed E-state index contributed by atoms with van der Waals surface area (Å²) in [6.45, 7) is 9.99. The van der Waals surface area contributed by atoms with Crippen LogP contribution in [0.3, 0.4) is 0 Å². The summed E-state index contributed by atoms with van der Waals surface area (Å²) in [5.41, 5.74) is 1.77. The number of rotatable bonds is 9. The Kier molecular flexibility index (Phi) is 10.1. The number of ether oxygens (including phenoxy) is 1. The number of hydrogen-bond acceptors (Lipinski definition) is 6. The molecule has 0 unspecified atom stereocenters. The molecule has 2 aliphatic rings. The number of nitriles is 1. The van der Waals surface area contributed by atoms with Crippen LogP contribution < -0.4 is 4.74 Å². The van der Waals surface area contributed by atoms with E-state index in [1.165, 1.54) is 4.90 Å². The predicted molar refractivity (Wildman–Crippen MR) is 190 cm³/mol. The van der Waals surface area contributed by atoms with Gasteiger partial charge in [0.05, 0.1) is 45.7 Å². The molecule has 0 saturated carbocycles. The van der Waals surface area contributed by atoms with Gasteiger partial charge in [-0.15, -0.1) is 0 Å². The number of aromatic nitrogens is 3. The van der Waals surface area contributed by atoms with Gasteiger partial charge in [0.1, 0.15) is 11.6 Å². The van der Waals surface area contributed by atoms with Crippen molar-refractivity contribution in [2.24, 2.45) is 0 Å². The summed E-state index contributed by atoms with van der Waals surface area (Å²) in [5, 5.41) is 15.7. The summed E-state index contributed by atoms with van der Waals surface area (Å²) in [7, 11) is 2.06. The van der Waals surface area contributed by atoms with Gasteiger partial charge in [0.15, 0.2) is 11.6 Å². The van der Waals surface area contributed by atoms with Crippen LogP contribution in [0.1, 0.15) is 50.6 Å². The summed E-state index contributed by atoms with van der Waals surface area (Å²) in [6, 6.07) is 8.35. The van der Waals surface area contributed by atoms with E-state index < -0.39 is 23.6 Å². The Hall–Kier alpha value is -4.30. The number of piperidine rings is 1. The van der Waals surface area contributed by atoms with Crippen molar-refractivity contribution in [2.45, 2.75) is 63.3 Å². The van der Waals surface area contributed by atoms with Crippen molar-refractivity contribution >= 4 is 57.0 Å². The molecule has 4 atom stereocenters. The second kappa shape index (κ2) is 14.3. The van der Waals surface area contributed by atoms with Gasteiger partial charge in [-0.2, -0.15) is 10.4 Å². The Morgan fingerprint density at radius 3 is 2.76 bits per heavy atom. The molecule has 1 amide bonds. The van der Waals surface area contributed by atoms with E-state index in [-0.39, 0.29) is 53.1 Å². The molecular formula is C37H36Cl2F2N6O2. The molecule has 0 spiro atoms. The number of hydrogen-bond donors (Lipinski definition) is 0. The highest BCUT2D eigenvalue weighted by molar-refractivity contribution is 6.38. The first-order valence-corrected chi connectivity index (χ1v) is 17.0. The van der Waals surface area contributed by atoms with Gasteiger partial charge < -0.3 is 9.64 Å². The molecule has 8 nitrogen and oxygen atoms in total. The largest absolute Gasteiger partial charge is 0.472 e. The van der Waals surface area contributed by atoms with E-state index in [0.29, 0.717) is 45.3 Å². The molecule has 0 N–H and O–H groups in total. The van der Waals surface area contributed by atoms with Crippen LogP contribution in [0.5, 0.6) is 5.88 Å². The maximum atomic E-state index is 17.0. The summed E-state index contributed by atoms with van der Waals surface area (Å²) >= 11 is 13.7. The zero-order valence-corrected chi connectivity index (χ0v) is 28.8. The number of nitrogens with zero attached hydrogens (tertiary/aromatic N) is 6. The molecule has 0 radical (unpaired) electrons. The molecule has 2 fully saturated rings. The van der Waals surface area contributed by atoms with Gasteiger partial charge in [-0.1, -0.05) is 72.8 Å². The summed E-state index contributed by atoms with van der Waals surface area (Å²) in [5.74, 6) is -2.33. The Labute approximate surface area is 293 Å². The molecule has 12 heteroatoms. The van der Waals surface area contributed by atoms with Crippen molar-refractivity contribution in [3.05, 3.63) is 83.0 Å². The lowest BCUT2D eigenvalue weighted by molar-refractivity contribution is -0.132. The summed E-state index contributed by atoms with van der Waals surface area (Å²) in [6.07, 6.45) is 9.27. The average Bonchev–Trinajstić information content (AvgIpc) is 3.72. The number of carbonyl (C=O) groups is 1. The van der Waals surface area contributed by atoms with Gasteiger partial charge in [-0.05, 0) is 57.8 Å². The van der Waals surface area contributed by atoms with E-state index in [2.05, 4.69) is 31.2 Å². The van der Waals surface area contributed by atoms with Crippen LogP contribution in [0.15, 0.2) is 61.6 Å². The van der Waals surface area contributed by atoms with Crippen molar-refractivity contribution in [1.29, 1.82) is 5.26 Å². The monoisotopic (exact) mass is 704 g/mol. The lowest BCUT2D eigenvalue weighted by atomic mass is 9.94. The smallest absolute Gasteiger partial charge is 0.282 e. The Morgan fingerprint density at radius 2 is 2.06 bits per heavy atom. The van der Waals surface area contributed by atoms with E-state index in [1.54, 1.807) is 47.3 Å². The number of benzene rings is 2. The Morgan fingerprint density at radius 1 is 1.27 bits per heavy atom. The molecule has 2 aromatic heterocycles. The second-order valence-corrected chi connectivity index (χ2v) is 13.4.